The van der Waals surface area contributed by atoms with Gasteiger partial charge in [-0.2, -0.15) is 0 Å². The first-order valence-electron chi connectivity index (χ1n) is 8.56. The van der Waals surface area contributed by atoms with Crippen LogP contribution in [-0.4, -0.2) is 48.5 Å². The number of nitrogens with one attached hydrogen (secondary N) is 2. The third-order valence-corrected chi connectivity index (χ3v) is 5.38. The molecule has 0 unspecified atom stereocenters. The first-order valence-corrected chi connectivity index (χ1v) is 9.35. The second-order valence-electron chi connectivity index (χ2n) is 6.62. The molecule has 0 aromatic carbocycles. The molecule has 0 aliphatic carbocycles. The Kier molecular flexibility index (Phi) is 6.02. The lowest BCUT2D eigenvalue weighted by molar-refractivity contribution is -0.121. The summed E-state index contributed by atoms with van der Waals surface area (Å²) in [7, 11) is 0. The van der Waals surface area contributed by atoms with Crippen molar-refractivity contribution in [2.24, 2.45) is 11.8 Å². The van der Waals surface area contributed by atoms with Crippen molar-refractivity contribution in [2.45, 2.75) is 25.7 Å². The first kappa shape index (κ1) is 16.9. The fraction of sp³-hybridized carbons (Fsp3) is 0.647. The quantitative estimate of drug-likeness (QED) is 0.842. The molecule has 5 nitrogen and oxygen atoms in total. The maximum Gasteiger partial charge on any atom is 0.228 e. The molecule has 3 heterocycles. The molecule has 0 atom stereocenters. The first-order chi connectivity index (χ1) is 11.2. The van der Waals surface area contributed by atoms with Crippen molar-refractivity contribution in [3.05, 3.63) is 22.8 Å². The van der Waals surface area contributed by atoms with E-state index < -0.39 is 0 Å². The van der Waals surface area contributed by atoms with E-state index in [9.17, 15) is 4.79 Å². The minimum Gasteiger partial charge on any atom is -0.317 e. The Labute approximate surface area is 146 Å². The molecule has 1 aromatic rings. The standard InChI is InChI=1S/C17H25BrN4O/c18-15-1-2-16(20-11-15)21-17(23)14-5-9-22(10-6-14)12-13-3-7-19-8-4-13/h1-2,11,13-14,19H,3-10,12H2,(H,20,21,23). The number of hydrogen-bond donors (Lipinski definition) is 2. The van der Waals surface area contributed by atoms with Crippen molar-refractivity contribution in [2.75, 3.05) is 38.0 Å². The molecular formula is C17H25BrN4O. The van der Waals surface area contributed by atoms with Gasteiger partial charge in [-0.3, -0.25) is 4.79 Å². The minimum absolute atomic E-state index is 0.112. The molecule has 0 spiro atoms. The lowest BCUT2D eigenvalue weighted by Gasteiger charge is -2.35. The summed E-state index contributed by atoms with van der Waals surface area (Å²) in [5, 5.41) is 6.36. The molecular weight excluding hydrogens is 356 g/mol. The van der Waals surface area contributed by atoms with Crippen molar-refractivity contribution in [1.82, 2.24) is 15.2 Å². The average molecular weight is 381 g/mol. The second-order valence-corrected chi connectivity index (χ2v) is 7.53. The maximum atomic E-state index is 12.4. The van der Waals surface area contributed by atoms with Gasteiger partial charge in [-0.05, 0) is 85.8 Å². The lowest BCUT2D eigenvalue weighted by atomic mass is 9.93. The fourth-order valence-electron chi connectivity index (χ4n) is 3.49. The predicted molar refractivity (Wildman–Crippen MR) is 95.3 cm³/mol. The van der Waals surface area contributed by atoms with Gasteiger partial charge in [-0.15, -0.1) is 0 Å². The van der Waals surface area contributed by atoms with Crippen LogP contribution in [0.15, 0.2) is 22.8 Å². The van der Waals surface area contributed by atoms with Crippen molar-refractivity contribution in [3.8, 4) is 0 Å². The summed E-state index contributed by atoms with van der Waals surface area (Å²) in [6.45, 7) is 5.59. The molecule has 0 saturated carbocycles. The highest BCUT2D eigenvalue weighted by Crippen LogP contribution is 2.22. The summed E-state index contributed by atoms with van der Waals surface area (Å²) in [6.07, 6.45) is 6.18. The van der Waals surface area contributed by atoms with Crippen LogP contribution >= 0.6 is 15.9 Å². The Morgan fingerprint density at radius 3 is 2.65 bits per heavy atom. The number of amides is 1. The normalized spacial score (nSPS) is 21.3. The van der Waals surface area contributed by atoms with Crippen LogP contribution in [0.5, 0.6) is 0 Å². The maximum absolute atomic E-state index is 12.4. The van der Waals surface area contributed by atoms with E-state index in [0.717, 1.165) is 49.4 Å². The summed E-state index contributed by atoms with van der Waals surface area (Å²) < 4.78 is 0.918. The van der Waals surface area contributed by atoms with E-state index in [-0.39, 0.29) is 11.8 Å². The van der Waals surface area contributed by atoms with Gasteiger partial charge in [0.2, 0.25) is 5.91 Å². The van der Waals surface area contributed by atoms with Gasteiger partial charge in [-0.25, -0.2) is 4.98 Å². The molecule has 1 amide bonds. The predicted octanol–water partition coefficient (Wildman–Crippen LogP) is 2.49. The Bertz CT molecular complexity index is 508. The minimum atomic E-state index is 0.112. The summed E-state index contributed by atoms with van der Waals surface area (Å²) >= 11 is 3.35. The largest absolute Gasteiger partial charge is 0.317 e. The van der Waals surface area contributed by atoms with E-state index in [1.165, 1.54) is 19.4 Å². The molecule has 0 bridgehead atoms. The zero-order chi connectivity index (χ0) is 16.1. The number of carbonyl (C=O) groups is 1. The molecule has 2 fully saturated rings. The van der Waals surface area contributed by atoms with E-state index >= 15 is 0 Å². The number of aromatic nitrogens is 1. The zero-order valence-electron chi connectivity index (χ0n) is 13.4. The van der Waals surface area contributed by atoms with E-state index in [1.54, 1.807) is 6.20 Å². The Hall–Kier alpha value is -0.980. The molecule has 0 radical (unpaired) electrons. The number of anilines is 1. The number of carbonyl (C=O) groups excluding carboxylic acids is 1. The van der Waals surface area contributed by atoms with Gasteiger partial charge in [0.1, 0.15) is 5.82 Å². The molecule has 126 valence electrons. The second kappa shape index (κ2) is 8.22. The van der Waals surface area contributed by atoms with Gasteiger partial charge < -0.3 is 15.5 Å². The highest BCUT2D eigenvalue weighted by atomic mass is 79.9. The zero-order valence-corrected chi connectivity index (χ0v) is 15.0. The van der Waals surface area contributed by atoms with Crippen LogP contribution in [0.2, 0.25) is 0 Å². The number of piperidine rings is 2. The number of halogens is 1. The molecule has 2 aliphatic rings. The summed E-state index contributed by atoms with van der Waals surface area (Å²) in [5.41, 5.74) is 0. The van der Waals surface area contributed by atoms with Crippen LogP contribution in [0.3, 0.4) is 0 Å². The number of pyridine rings is 1. The van der Waals surface area contributed by atoms with E-state index in [0.29, 0.717) is 5.82 Å². The van der Waals surface area contributed by atoms with Crippen LogP contribution in [0.1, 0.15) is 25.7 Å². The van der Waals surface area contributed by atoms with Gasteiger partial charge in [0.05, 0.1) is 0 Å². The van der Waals surface area contributed by atoms with Crippen molar-refractivity contribution in [1.29, 1.82) is 0 Å². The third-order valence-electron chi connectivity index (χ3n) is 4.91. The number of rotatable bonds is 4. The SMILES string of the molecule is O=C(Nc1ccc(Br)cn1)C1CCN(CC2CCNCC2)CC1. The lowest BCUT2D eigenvalue weighted by Crippen LogP contribution is -2.42. The fourth-order valence-corrected chi connectivity index (χ4v) is 3.72. The van der Waals surface area contributed by atoms with Gasteiger partial charge in [0, 0.05) is 23.1 Å². The Morgan fingerprint density at radius 1 is 1.26 bits per heavy atom. The highest BCUT2D eigenvalue weighted by Gasteiger charge is 2.26. The van der Waals surface area contributed by atoms with Gasteiger partial charge in [0.15, 0.2) is 0 Å². The van der Waals surface area contributed by atoms with Crippen LogP contribution in [0.25, 0.3) is 0 Å². The summed E-state index contributed by atoms with van der Waals surface area (Å²) in [4.78, 5) is 19.1. The topological polar surface area (TPSA) is 57.3 Å². The van der Waals surface area contributed by atoms with Gasteiger partial charge >= 0.3 is 0 Å². The van der Waals surface area contributed by atoms with Gasteiger partial charge in [0.25, 0.3) is 0 Å². The summed E-state index contributed by atoms with van der Waals surface area (Å²) in [5.74, 6) is 1.69. The highest BCUT2D eigenvalue weighted by molar-refractivity contribution is 9.10. The molecule has 23 heavy (non-hydrogen) atoms. The van der Waals surface area contributed by atoms with E-state index in [4.69, 9.17) is 0 Å². The van der Waals surface area contributed by atoms with Crippen LogP contribution in [-0.2, 0) is 4.79 Å². The molecule has 6 heteroatoms. The van der Waals surface area contributed by atoms with Crippen molar-refractivity contribution in [3.63, 3.8) is 0 Å². The Balaban J connectivity index is 1.42. The number of nitrogens with zero attached hydrogens (tertiary/aromatic N) is 2. The van der Waals surface area contributed by atoms with Crippen LogP contribution in [0, 0.1) is 11.8 Å². The van der Waals surface area contributed by atoms with E-state index in [2.05, 4.69) is 36.4 Å². The summed E-state index contributed by atoms with van der Waals surface area (Å²) in [6, 6.07) is 3.72. The molecule has 1 aromatic heterocycles. The van der Waals surface area contributed by atoms with Crippen molar-refractivity contribution >= 4 is 27.7 Å². The van der Waals surface area contributed by atoms with E-state index in [1.807, 2.05) is 12.1 Å². The number of hydrogen-bond acceptors (Lipinski definition) is 4. The average Bonchev–Trinajstić information content (AvgIpc) is 2.58. The van der Waals surface area contributed by atoms with Gasteiger partial charge in [-0.1, -0.05) is 0 Å². The third kappa shape index (κ3) is 4.99. The smallest absolute Gasteiger partial charge is 0.228 e. The monoisotopic (exact) mass is 380 g/mol. The van der Waals surface area contributed by atoms with Crippen LogP contribution < -0.4 is 10.6 Å². The molecule has 2 saturated heterocycles. The molecule has 3 rings (SSSR count). The van der Waals surface area contributed by atoms with Crippen molar-refractivity contribution < 1.29 is 4.79 Å². The molecule has 2 aliphatic heterocycles. The number of likely N-dealkylation sites (tertiary alicyclic amines) is 1. The molecule has 2 N–H and O–H groups in total. The Morgan fingerprint density at radius 2 is 2.00 bits per heavy atom. The van der Waals surface area contributed by atoms with Crippen LogP contribution in [0.4, 0.5) is 5.82 Å².